The van der Waals surface area contributed by atoms with Crippen LogP contribution in [0.15, 0.2) is 29.3 Å². The molecule has 1 heterocycles. The Balaban J connectivity index is 1.97. The van der Waals surface area contributed by atoms with Crippen LogP contribution in [0.3, 0.4) is 0 Å². The van der Waals surface area contributed by atoms with Gasteiger partial charge in [0, 0.05) is 19.1 Å². The van der Waals surface area contributed by atoms with Gasteiger partial charge < -0.3 is 25.3 Å². The standard InChI is InChI=1S/C21H33N7O2/c1-15-26-27-18(28(15)5)13-23-20(24-14-19(29)25-21(2,3)4)22-12-11-16-7-9-17(30-6)10-8-16/h7-10H,11-14H2,1-6H3,(H,25,29)(H2,22,23,24). The molecule has 0 saturated heterocycles. The zero-order chi connectivity index (χ0) is 22.1. The molecule has 0 aliphatic carbocycles. The van der Waals surface area contributed by atoms with E-state index >= 15 is 0 Å². The summed E-state index contributed by atoms with van der Waals surface area (Å²) in [6, 6.07) is 7.94. The summed E-state index contributed by atoms with van der Waals surface area (Å²) in [5, 5.41) is 17.5. The number of aromatic nitrogens is 3. The molecule has 164 valence electrons. The molecule has 30 heavy (non-hydrogen) atoms. The Bertz CT molecular complexity index is 851. The summed E-state index contributed by atoms with van der Waals surface area (Å²) >= 11 is 0. The lowest BCUT2D eigenvalue weighted by molar-refractivity contribution is -0.121. The number of amides is 1. The van der Waals surface area contributed by atoms with Crippen molar-refractivity contribution in [2.24, 2.45) is 12.0 Å². The van der Waals surface area contributed by atoms with Crippen molar-refractivity contribution in [2.75, 3.05) is 20.2 Å². The van der Waals surface area contributed by atoms with Crippen molar-refractivity contribution >= 4 is 11.9 Å². The van der Waals surface area contributed by atoms with Crippen molar-refractivity contribution < 1.29 is 9.53 Å². The van der Waals surface area contributed by atoms with Crippen LogP contribution in [0.5, 0.6) is 5.75 Å². The van der Waals surface area contributed by atoms with Crippen LogP contribution < -0.4 is 20.7 Å². The molecule has 0 aliphatic rings. The van der Waals surface area contributed by atoms with E-state index < -0.39 is 0 Å². The Labute approximate surface area is 178 Å². The maximum Gasteiger partial charge on any atom is 0.239 e. The van der Waals surface area contributed by atoms with Gasteiger partial charge in [0.1, 0.15) is 18.1 Å². The number of rotatable bonds is 8. The third kappa shape index (κ3) is 7.73. The van der Waals surface area contributed by atoms with E-state index in [2.05, 4.69) is 31.1 Å². The Kier molecular flexibility index (Phi) is 8.20. The minimum atomic E-state index is -0.284. The van der Waals surface area contributed by atoms with Crippen LogP contribution in [-0.4, -0.2) is 52.4 Å². The molecule has 2 rings (SSSR count). The van der Waals surface area contributed by atoms with Gasteiger partial charge >= 0.3 is 0 Å². The average Bonchev–Trinajstić information content (AvgIpc) is 3.01. The highest BCUT2D eigenvalue weighted by Crippen LogP contribution is 2.11. The van der Waals surface area contributed by atoms with Gasteiger partial charge in [0.25, 0.3) is 0 Å². The van der Waals surface area contributed by atoms with Crippen LogP contribution in [0.4, 0.5) is 0 Å². The number of ether oxygens (including phenoxy) is 1. The highest BCUT2D eigenvalue weighted by atomic mass is 16.5. The van der Waals surface area contributed by atoms with E-state index in [0.717, 1.165) is 23.8 Å². The smallest absolute Gasteiger partial charge is 0.239 e. The zero-order valence-corrected chi connectivity index (χ0v) is 18.7. The minimum absolute atomic E-state index is 0.0957. The van der Waals surface area contributed by atoms with Crippen molar-refractivity contribution in [2.45, 2.75) is 46.2 Å². The van der Waals surface area contributed by atoms with Crippen LogP contribution in [0.2, 0.25) is 0 Å². The Morgan fingerprint density at radius 1 is 1.17 bits per heavy atom. The van der Waals surface area contributed by atoms with Gasteiger partial charge in [-0.1, -0.05) is 12.1 Å². The summed E-state index contributed by atoms with van der Waals surface area (Å²) in [6.07, 6.45) is 0.807. The van der Waals surface area contributed by atoms with Gasteiger partial charge in [-0.15, -0.1) is 10.2 Å². The molecular formula is C21H33N7O2. The van der Waals surface area contributed by atoms with Crippen LogP contribution in [0.1, 0.15) is 38.0 Å². The average molecular weight is 416 g/mol. The van der Waals surface area contributed by atoms with Gasteiger partial charge in [-0.05, 0) is 51.8 Å². The number of aliphatic imine (C=N–C) groups is 1. The predicted molar refractivity (Wildman–Crippen MR) is 117 cm³/mol. The molecule has 0 fully saturated rings. The van der Waals surface area contributed by atoms with E-state index in [-0.39, 0.29) is 18.0 Å². The molecule has 0 unspecified atom stereocenters. The van der Waals surface area contributed by atoms with E-state index in [1.165, 1.54) is 5.56 Å². The maximum absolute atomic E-state index is 12.2. The molecule has 0 bridgehead atoms. The predicted octanol–water partition coefficient (Wildman–Crippen LogP) is 1.32. The first-order valence-corrected chi connectivity index (χ1v) is 9.99. The number of hydrogen-bond acceptors (Lipinski definition) is 5. The van der Waals surface area contributed by atoms with Crippen molar-refractivity contribution in [1.29, 1.82) is 0 Å². The summed E-state index contributed by atoms with van der Waals surface area (Å²) in [5.41, 5.74) is 0.894. The molecule has 0 aliphatic heterocycles. The molecular weight excluding hydrogens is 382 g/mol. The normalized spacial score (nSPS) is 11.9. The molecule has 9 nitrogen and oxygen atoms in total. The summed E-state index contributed by atoms with van der Waals surface area (Å²) in [6.45, 7) is 8.88. The van der Waals surface area contributed by atoms with Gasteiger partial charge in [-0.2, -0.15) is 0 Å². The van der Waals surface area contributed by atoms with E-state index in [1.54, 1.807) is 7.11 Å². The van der Waals surface area contributed by atoms with Crippen LogP contribution in [0, 0.1) is 6.92 Å². The third-order valence-electron chi connectivity index (χ3n) is 4.36. The molecule has 0 radical (unpaired) electrons. The van der Waals surface area contributed by atoms with Gasteiger partial charge in [0.15, 0.2) is 11.8 Å². The van der Waals surface area contributed by atoms with Crippen LogP contribution >= 0.6 is 0 Å². The summed E-state index contributed by atoms with van der Waals surface area (Å²) in [4.78, 5) is 16.7. The summed E-state index contributed by atoms with van der Waals surface area (Å²) in [7, 11) is 3.56. The molecule has 1 aromatic carbocycles. The zero-order valence-electron chi connectivity index (χ0n) is 18.7. The fourth-order valence-corrected chi connectivity index (χ4v) is 2.66. The maximum atomic E-state index is 12.2. The molecule has 9 heteroatoms. The van der Waals surface area contributed by atoms with Gasteiger partial charge in [-0.3, -0.25) is 4.79 Å². The molecule has 2 aromatic rings. The van der Waals surface area contributed by atoms with Crippen molar-refractivity contribution in [3.8, 4) is 5.75 Å². The second-order valence-electron chi connectivity index (χ2n) is 8.06. The second kappa shape index (κ2) is 10.6. The summed E-state index contributed by atoms with van der Waals surface area (Å²) < 4.78 is 7.08. The van der Waals surface area contributed by atoms with Crippen molar-refractivity contribution in [1.82, 2.24) is 30.7 Å². The molecule has 0 atom stereocenters. The number of methoxy groups -OCH3 is 1. The number of carbonyl (C=O) groups is 1. The highest BCUT2D eigenvalue weighted by Gasteiger charge is 2.14. The number of carbonyl (C=O) groups excluding carboxylic acids is 1. The number of aryl methyl sites for hydroxylation is 1. The number of nitrogens with zero attached hydrogens (tertiary/aromatic N) is 4. The first-order chi connectivity index (χ1) is 14.2. The van der Waals surface area contributed by atoms with Crippen molar-refractivity contribution in [3.05, 3.63) is 41.5 Å². The first kappa shape index (κ1) is 23.2. The fourth-order valence-electron chi connectivity index (χ4n) is 2.66. The molecule has 3 N–H and O–H groups in total. The van der Waals surface area contributed by atoms with E-state index in [0.29, 0.717) is 19.0 Å². The number of nitrogens with one attached hydrogen (secondary N) is 3. The van der Waals surface area contributed by atoms with E-state index in [9.17, 15) is 4.79 Å². The lowest BCUT2D eigenvalue weighted by Crippen LogP contribution is -2.48. The van der Waals surface area contributed by atoms with Crippen LogP contribution in [0.25, 0.3) is 0 Å². The van der Waals surface area contributed by atoms with E-state index in [1.807, 2.05) is 63.6 Å². The van der Waals surface area contributed by atoms with E-state index in [4.69, 9.17) is 4.74 Å². The third-order valence-corrected chi connectivity index (χ3v) is 4.36. The van der Waals surface area contributed by atoms with Gasteiger partial charge in [-0.25, -0.2) is 4.99 Å². The molecule has 0 spiro atoms. The number of hydrogen-bond donors (Lipinski definition) is 3. The first-order valence-electron chi connectivity index (χ1n) is 9.99. The molecule has 1 amide bonds. The minimum Gasteiger partial charge on any atom is -0.497 e. The SMILES string of the molecule is COc1ccc(CCNC(=NCc2nnc(C)n2C)NCC(=O)NC(C)(C)C)cc1. The second-order valence-corrected chi connectivity index (χ2v) is 8.06. The monoisotopic (exact) mass is 415 g/mol. The fraction of sp³-hybridized carbons (Fsp3) is 0.524. The lowest BCUT2D eigenvalue weighted by Gasteiger charge is -2.21. The Hall–Kier alpha value is -3.10. The summed E-state index contributed by atoms with van der Waals surface area (Å²) in [5.74, 6) is 2.86. The molecule has 0 saturated carbocycles. The Morgan fingerprint density at radius 2 is 1.87 bits per heavy atom. The Morgan fingerprint density at radius 3 is 2.43 bits per heavy atom. The largest absolute Gasteiger partial charge is 0.497 e. The quantitative estimate of drug-likeness (QED) is 0.444. The van der Waals surface area contributed by atoms with Gasteiger partial charge in [0.2, 0.25) is 5.91 Å². The topological polar surface area (TPSA) is 105 Å². The van der Waals surface area contributed by atoms with Gasteiger partial charge in [0.05, 0.1) is 13.7 Å². The van der Waals surface area contributed by atoms with Crippen molar-refractivity contribution in [3.63, 3.8) is 0 Å². The van der Waals surface area contributed by atoms with Crippen LogP contribution in [-0.2, 0) is 24.8 Å². The molecule has 1 aromatic heterocycles. The number of benzene rings is 1. The lowest BCUT2D eigenvalue weighted by atomic mass is 10.1. The number of guanidine groups is 1. The highest BCUT2D eigenvalue weighted by molar-refractivity contribution is 5.86.